The number of methoxy groups -OCH3 is 1. The Kier molecular flexibility index (Phi) is 6.17. The number of hydrogen-bond acceptors (Lipinski definition) is 3. The normalized spacial score (nSPS) is 10.2. The molecule has 0 saturated carbocycles. The van der Waals surface area contributed by atoms with E-state index < -0.39 is 0 Å². The predicted molar refractivity (Wildman–Crippen MR) is 99.3 cm³/mol. The van der Waals surface area contributed by atoms with Crippen LogP contribution >= 0.6 is 0 Å². The van der Waals surface area contributed by atoms with Crippen molar-refractivity contribution in [3.8, 4) is 5.75 Å². The fraction of sp³-hybridized carbons (Fsp3) is 0.300. The molecule has 0 aliphatic rings. The second-order valence-electron chi connectivity index (χ2n) is 5.95. The third-order valence-corrected chi connectivity index (χ3v) is 3.99. The van der Waals surface area contributed by atoms with Gasteiger partial charge in [-0.1, -0.05) is 18.2 Å². The zero-order valence-corrected chi connectivity index (χ0v) is 15.1. The molecule has 132 valence electrons. The number of anilines is 1. The Morgan fingerprint density at radius 1 is 1.12 bits per heavy atom. The Hall–Kier alpha value is -2.82. The molecule has 2 amide bonds. The summed E-state index contributed by atoms with van der Waals surface area (Å²) in [5, 5.41) is 2.85. The molecule has 0 aliphatic heterocycles. The van der Waals surface area contributed by atoms with E-state index in [1.807, 2.05) is 32.0 Å². The van der Waals surface area contributed by atoms with Crippen LogP contribution in [0.15, 0.2) is 42.5 Å². The Labute approximate surface area is 148 Å². The number of ether oxygens (including phenoxy) is 1. The smallest absolute Gasteiger partial charge is 0.251 e. The van der Waals surface area contributed by atoms with E-state index in [4.69, 9.17) is 4.74 Å². The van der Waals surface area contributed by atoms with E-state index in [1.165, 1.54) is 6.92 Å². The van der Waals surface area contributed by atoms with E-state index in [1.54, 1.807) is 36.3 Å². The van der Waals surface area contributed by atoms with Gasteiger partial charge in [0.1, 0.15) is 5.75 Å². The van der Waals surface area contributed by atoms with Gasteiger partial charge in [-0.3, -0.25) is 9.59 Å². The second-order valence-corrected chi connectivity index (χ2v) is 5.95. The van der Waals surface area contributed by atoms with Gasteiger partial charge in [0, 0.05) is 31.3 Å². The van der Waals surface area contributed by atoms with Gasteiger partial charge in [0.25, 0.3) is 5.91 Å². The van der Waals surface area contributed by atoms with Crippen molar-refractivity contribution < 1.29 is 14.3 Å². The number of rotatable bonds is 6. The molecule has 0 heterocycles. The molecule has 5 heteroatoms. The number of carbonyl (C=O) groups excluding carboxylic acids is 2. The summed E-state index contributed by atoms with van der Waals surface area (Å²) in [5.74, 6) is 0.390. The van der Waals surface area contributed by atoms with Gasteiger partial charge in [-0.05, 0) is 49.2 Å². The van der Waals surface area contributed by atoms with Crippen molar-refractivity contribution in [3.05, 3.63) is 59.2 Å². The molecule has 0 atom stereocenters. The fourth-order valence-electron chi connectivity index (χ4n) is 2.61. The van der Waals surface area contributed by atoms with Gasteiger partial charge in [0.2, 0.25) is 5.91 Å². The maximum atomic E-state index is 12.3. The number of nitrogens with one attached hydrogen (secondary N) is 1. The Morgan fingerprint density at radius 3 is 2.56 bits per heavy atom. The van der Waals surface area contributed by atoms with Crippen LogP contribution < -0.4 is 15.0 Å². The molecule has 0 aromatic heterocycles. The predicted octanol–water partition coefficient (Wildman–Crippen LogP) is 3.09. The number of aryl methyl sites for hydroxylation is 2. The van der Waals surface area contributed by atoms with Gasteiger partial charge >= 0.3 is 0 Å². The molecule has 1 N–H and O–H groups in total. The molecular weight excluding hydrogens is 316 g/mol. The Morgan fingerprint density at radius 2 is 1.88 bits per heavy atom. The second kappa shape index (κ2) is 8.33. The fourth-order valence-corrected chi connectivity index (χ4v) is 2.61. The number of carbonyl (C=O) groups is 2. The summed E-state index contributed by atoms with van der Waals surface area (Å²) in [6.07, 6.45) is 0. The SMILES string of the molecule is COc1cccc(C(=O)NCCN(C(C)=O)c2cc(C)ccc2C)c1. The number of amides is 2. The van der Waals surface area contributed by atoms with Crippen molar-refractivity contribution in [3.63, 3.8) is 0 Å². The van der Waals surface area contributed by atoms with Crippen LogP contribution in [-0.2, 0) is 4.79 Å². The van der Waals surface area contributed by atoms with E-state index in [0.29, 0.717) is 24.4 Å². The maximum Gasteiger partial charge on any atom is 0.251 e. The lowest BCUT2D eigenvalue weighted by Crippen LogP contribution is -2.38. The summed E-state index contributed by atoms with van der Waals surface area (Å²) in [7, 11) is 1.56. The standard InChI is InChI=1S/C20H24N2O3/c1-14-8-9-15(2)19(12-14)22(16(3)23)11-10-21-20(24)17-6-5-7-18(13-17)25-4/h5-9,12-13H,10-11H2,1-4H3,(H,21,24). The molecule has 2 aromatic rings. The molecular formula is C20H24N2O3. The lowest BCUT2D eigenvalue weighted by molar-refractivity contribution is -0.116. The summed E-state index contributed by atoms with van der Waals surface area (Å²) >= 11 is 0. The highest BCUT2D eigenvalue weighted by Gasteiger charge is 2.14. The first-order valence-corrected chi connectivity index (χ1v) is 8.20. The molecule has 0 aliphatic carbocycles. The van der Waals surface area contributed by atoms with E-state index in [0.717, 1.165) is 16.8 Å². The van der Waals surface area contributed by atoms with Crippen molar-refractivity contribution in [2.24, 2.45) is 0 Å². The van der Waals surface area contributed by atoms with Crippen molar-refractivity contribution in [1.82, 2.24) is 5.32 Å². The lowest BCUT2D eigenvalue weighted by atomic mass is 10.1. The third-order valence-electron chi connectivity index (χ3n) is 3.99. The highest BCUT2D eigenvalue weighted by Crippen LogP contribution is 2.21. The summed E-state index contributed by atoms with van der Waals surface area (Å²) in [6, 6.07) is 13.0. The van der Waals surface area contributed by atoms with Gasteiger partial charge in [0.15, 0.2) is 0 Å². The van der Waals surface area contributed by atoms with Crippen molar-refractivity contribution in [1.29, 1.82) is 0 Å². The first kappa shape index (κ1) is 18.5. The minimum Gasteiger partial charge on any atom is -0.497 e. The van der Waals surface area contributed by atoms with Crippen LogP contribution in [0.2, 0.25) is 0 Å². The highest BCUT2D eigenvalue weighted by atomic mass is 16.5. The monoisotopic (exact) mass is 340 g/mol. The van der Waals surface area contributed by atoms with E-state index in [9.17, 15) is 9.59 Å². The van der Waals surface area contributed by atoms with Crippen molar-refractivity contribution >= 4 is 17.5 Å². The van der Waals surface area contributed by atoms with Gasteiger partial charge < -0.3 is 15.0 Å². The minimum absolute atomic E-state index is 0.0515. The molecule has 2 aromatic carbocycles. The summed E-state index contributed by atoms with van der Waals surface area (Å²) in [6.45, 7) is 6.27. The molecule has 0 bridgehead atoms. The quantitative estimate of drug-likeness (QED) is 0.879. The van der Waals surface area contributed by atoms with E-state index >= 15 is 0 Å². The lowest BCUT2D eigenvalue weighted by Gasteiger charge is -2.23. The average Bonchev–Trinajstić information content (AvgIpc) is 2.60. The molecule has 5 nitrogen and oxygen atoms in total. The molecule has 0 saturated heterocycles. The van der Waals surface area contributed by atoms with Gasteiger partial charge in [0.05, 0.1) is 7.11 Å². The van der Waals surface area contributed by atoms with Gasteiger partial charge in [-0.2, -0.15) is 0 Å². The number of nitrogens with zero attached hydrogens (tertiary/aromatic N) is 1. The number of benzene rings is 2. The van der Waals surface area contributed by atoms with E-state index in [-0.39, 0.29) is 11.8 Å². The first-order valence-electron chi connectivity index (χ1n) is 8.20. The largest absolute Gasteiger partial charge is 0.497 e. The first-order chi connectivity index (χ1) is 11.9. The molecule has 0 unspecified atom stereocenters. The van der Waals surface area contributed by atoms with Crippen LogP contribution in [0, 0.1) is 13.8 Å². The molecule has 0 spiro atoms. The zero-order chi connectivity index (χ0) is 18.4. The van der Waals surface area contributed by atoms with Crippen LogP contribution in [0.5, 0.6) is 5.75 Å². The average molecular weight is 340 g/mol. The van der Waals surface area contributed by atoms with Crippen LogP contribution in [0.3, 0.4) is 0 Å². The minimum atomic E-state index is -0.191. The molecule has 25 heavy (non-hydrogen) atoms. The van der Waals surface area contributed by atoms with Crippen LogP contribution in [0.25, 0.3) is 0 Å². The third kappa shape index (κ3) is 4.83. The zero-order valence-electron chi connectivity index (χ0n) is 15.1. The summed E-state index contributed by atoms with van der Waals surface area (Å²) in [5.41, 5.74) is 3.52. The van der Waals surface area contributed by atoms with Crippen molar-refractivity contribution in [2.75, 3.05) is 25.1 Å². The molecule has 0 radical (unpaired) electrons. The van der Waals surface area contributed by atoms with Crippen LogP contribution in [-0.4, -0.2) is 32.0 Å². The Bertz CT molecular complexity index is 771. The van der Waals surface area contributed by atoms with Crippen LogP contribution in [0.4, 0.5) is 5.69 Å². The number of hydrogen-bond donors (Lipinski definition) is 1. The maximum absolute atomic E-state index is 12.3. The van der Waals surface area contributed by atoms with Gasteiger partial charge in [-0.15, -0.1) is 0 Å². The van der Waals surface area contributed by atoms with Gasteiger partial charge in [-0.25, -0.2) is 0 Å². The molecule has 2 rings (SSSR count). The van der Waals surface area contributed by atoms with E-state index in [2.05, 4.69) is 5.32 Å². The van der Waals surface area contributed by atoms with Crippen LogP contribution in [0.1, 0.15) is 28.4 Å². The Balaban J connectivity index is 2.03. The summed E-state index contributed by atoms with van der Waals surface area (Å²) in [4.78, 5) is 26.0. The highest BCUT2D eigenvalue weighted by molar-refractivity contribution is 5.95. The topological polar surface area (TPSA) is 58.6 Å². The summed E-state index contributed by atoms with van der Waals surface area (Å²) < 4.78 is 5.13. The molecule has 0 fully saturated rings. The van der Waals surface area contributed by atoms with Crippen molar-refractivity contribution in [2.45, 2.75) is 20.8 Å².